The molecule has 3 atom stereocenters. The van der Waals surface area contributed by atoms with Crippen molar-refractivity contribution in [1.29, 1.82) is 0 Å². The van der Waals surface area contributed by atoms with Crippen LogP contribution in [0.15, 0.2) is 24.3 Å². The maximum Gasteiger partial charge on any atom is 0.0438 e. The molecule has 3 unspecified atom stereocenters. The molecular formula is C18H28ClN. The van der Waals surface area contributed by atoms with Gasteiger partial charge in [-0.3, -0.25) is 0 Å². The van der Waals surface area contributed by atoms with E-state index in [9.17, 15) is 0 Å². The van der Waals surface area contributed by atoms with Crippen molar-refractivity contribution < 1.29 is 0 Å². The van der Waals surface area contributed by atoms with E-state index >= 15 is 0 Å². The third-order valence-electron chi connectivity index (χ3n) is 4.39. The van der Waals surface area contributed by atoms with E-state index in [2.05, 4.69) is 45.1 Å². The molecular weight excluding hydrogens is 266 g/mol. The molecule has 2 heteroatoms. The molecule has 1 aliphatic rings. The molecule has 1 fully saturated rings. The fraction of sp³-hybridized carbons (Fsp3) is 0.667. The highest BCUT2D eigenvalue weighted by molar-refractivity contribution is 6.31. The highest BCUT2D eigenvalue weighted by atomic mass is 35.5. The Labute approximate surface area is 129 Å². The average Bonchev–Trinajstić information content (AvgIpc) is 2.29. The zero-order valence-corrected chi connectivity index (χ0v) is 14.0. The summed E-state index contributed by atoms with van der Waals surface area (Å²) in [6.07, 6.45) is 4.94. The minimum atomic E-state index is 0.472. The Morgan fingerprint density at radius 3 is 2.65 bits per heavy atom. The summed E-state index contributed by atoms with van der Waals surface area (Å²) in [5, 5.41) is 4.71. The van der Waals surface area contributed by atoms with Crippen molar-refractivity contribution in [2.24, 2.45) is 11.3 Å². The molecule has 1 aromatic rings. The highest BCUT2D eigenvalue weighted by Gasteiger charge is 2.32. The molecule has 0 saturated heterocycles. The van der Waals surface area contributed by atoms with E-state index in [0.717, 1.165) is 17.4 Å². The number of nitrogens with one attached hydrogen (secondary N) is 1. The van der Waals surface area contributed by atoms with E-state index in [4.69, 9.17) is 11.6 Å². The van der Waals surface area contributed by atoms with E-state index < -0.39 is 0 Å². The lowest BCUT2D eigenvalue weighted by molar-refractivity contribution is 0.145. The second kappa shape index (κ2) is 6.49. The first-order valence-corrected chi connectivity index (χ1v) is 8.23. The Morgan fingerprint density at radius 2 is 2.00 bits per heavy atom. The lowest BCUT2D eigenvalue weighted by Gasteiger charge is -2.40. The van der Waals surface area contributed by atoms with Gasteiger partial charge in [0.15, 0.2) is 0 Å². The Bertz CT molecular complexity index is 441. The fourth-order valence-corrected chi connectivity index (χ4v) is 4.14. The lowest BCUT2D eigenvalue weighted by atomic mass is 9.70. The monoisotopic (exact) mass is 293 g/mol. The van der Waals surface area contributed by atoms with Crippen molar-refractivity contribution in [3.05, 3.63) is 34.9 Å². The van der Waals surface area contributed by atoms with E-state index in [1.165, 1.54) is 24.8 Å². The maximum absolute atomic E-state index is 6.25. The summed E-state index contributed by atoms with van der Waals surface area (Å²) in [5.41, 5.74) is 1.72. The smallest absolute Gasteiger partial charge is 0.0438 e. The quantitative estimate of drug-likeness (QED) is 0.817. The summed E-state index contributed by atoms with van der Waals surface area (Å²) in [6, 6.07) is 9.30. The summed E-state index contributed by atoms with van der Waals surface area (Å²) >= 11 is 6.25. The first kappa shape index (κ1) is 15.9. The van der Waals surface area contributed by atoms with Gasteiger partial charge in [0.1, 0.15) is 0 Å². The predicted molar refractivity (Wildman–Crippen MR) is 88.3 cm³/mol. The van der Waals surface area contributed by atoms with Crippen molar-refractivity contribution in [2.45, 2.75) is 65.5 Å². The Morgan fingerprint density at radius 1 is 1.30 bits per heavy atom. The van der Waals surface area contributed by atoms with Crippen molar-refractivity contribution in [2.75, 3.05) is 0 Å². The SMILES string of the molecule is CC1CC(NC(C)Cc2ccccc2Cl)CC(C)(C)C1. The van der Waals surface area contributed by atoms with E-state index in [0.29, 0.717) is 17.5 Å². The van der Waals surface area contributed by atoms with Crippen LogP contribution >= 0.6 is 11.6 Å². The molecule has 1 aromatic carbocycles. The minimum Gasteiger partial charge on any atom is -0.311 e. The summed E-state index contributed by atoms with van der Waals surface area (Å²) in [5.74, 6) is 0.823. The minimum absolute atomic E-state index is 0.472. The summed E-state index contributed by atoms with van der Waals surface area (Å²) in [7, 11) is 0. The summed E-state index contributed by atoms with van der Waals surface area (Å²) < 4.78 is 0. The number of hydrogen-bond acceptors (Lipinski definition) is 1. The van der Waals surface area contributed by atoms with E-state index in [1.807, 2.05) is 12.1 Å². The molecule has 1 saturated carbocycles. The third kappa shape index (κ3) is 4.49. The van der Waals surface area contributed by atoms with Gasteiger partial charge in [-0.2, -0.15) is 0 Å². The number of rotatable bonds is 4. The number of hydrogen-bond donors (Lipinski definition) is 1. The van der Waals surface area contributed by atoms with Crippen molar-refractivity contribution in [1.82, 2.24) is 5.32 Å². The van der Waals surface area contributed by atoms with Crippen LogP contribution in [0, 0.1) is 11.3 Å². The van der Waals surface area contributed by atoms with Gasteiger partial charge in [-0.05, 0) is 55.6 Å². The van der Waals surface area contributed by atoms with Crippen LogP contribution in [0.25, 0.3) is 0 Å². The molecule has 0 heterocycles. The predicted octanol–water partition coefficient (Wildman–Crippen LogP) is 5.08. The molecule has 0 bridgehead atoms. The molecule has 2 rings (SSSR count). The van der Waals surface area contributed by atoms with Gasteiger partial charge in [0.25, 0.3) is 0 Å². The summed E-state index contributed by atoms with van der Waals surface area (Å²) in [6.45, 7) is 9.45. The zero-order valence-electron chi connectivity index (χ0n) is 13.2. The van der Waals surface area contributed by atoms with Gasteiger partial charge in [-0.1, -0.05) is 50.6 Å². The van der Waals surface area contributed by atoms with Gasteiger partial charge in [0, 0.05) is 17.1 Å². The molecule has 1 aliphatic carbocycles. The van der Waals surface area contributed by atoms with E-state index in [1.54, 1.807) is 0 Å². The van der Waals surface area contributed by atoms with Crippen LogP contribution in [0.2, 0.25) is 5.02 Å². The Balaban J connectivity index is 1.91. The van der Waals surface area contributed by atoms with Gasteiger partial charge >= 0.3 is 0 Å². The molecule has 1 nitrogen and oxygen atoms in total. The topological polar surface area (TPSA) is 12.0 Å². The second-order valence-electron chi connectivity index (χ2n) is 7.47. The van der Waals surface area contributed by atoms with Crippen molar-refractivity contribution in [3.63, 3.8) is 0 Å². The van der Waals surface area contributed by atoms with Gasteiger partial charge in [0.2, 0.25) is 0 Å². The molecule has 0 amide bonds. The Kier molecular flexibility index (Phi) is 5.14. The molecule has 0 radical (unpaired) electrons. The molecule has 0 spiro atoms. The van der Waals surface area contributed by atoms with Crippen LogP contribution in [0.1, 0.15) is 52.5 Å². The van der Waals surface area contributed by atoms with E-state index in [-0.39, 0.29) is 0 Å². The number of halogens is 1. The molecule has 20 heavy (non-hydrogen) atoms. The second-order valence-corrected chi connectivity index (χ2v) is 7.88. The lowest BCUT2D eigenvalue weighted by Crippen LogP contribution is -2.44. The highest BCUT2D eigenvalue weighted by Crippen LogP contribution is 2.38. The summed E-state index contributed by atoms with van der Waals surface area (Å²) in [4.78, 5) is 0. The van der Waals surface area contributed by atoms with Crippen LogP contribution in [0.4, 0.5) is 0 Å². The van der Waals surface area contributed by atoms with Crippen LogP contribution in [-0.2, 0) is 6.42 Å². The van der Waals surface area contributed by atoms with Crippen molar-refractivity contribution in [3.8, 4) is 0 Å². The maximum atomic E-state index is 6.25. The standard InChI is InChI=1S/C18H28ClN/c1-13-9-16(12-18(3,4)11-13)20-14(2)10-15-7-5-6-8-17(15)19/h5-8,13-14,16,20H,9-12H2,1-4H3. The van der Waals surface area contributed by atoms with Gasteiger partial charge in [0.05, 0.1) is 0 Å². The average molecular weight is 294 g/mol. The third-order valence-corrected chi connectivity index (χ3v) is 4.76. The zero-order chi connectivity index (χ0) is 14.8. The van der Waals surface area contributed by atoms with Gasteiger partial charge < -0.3 is 5.32 Å². The van der Waals surface area contributed by atoms with Crippen molar-refractivity contribution >= 4 is 11.6 Å². The van der Waals surface area contributed by atoms with Crippen LogP contribution < -0.4 is 5.32 Å². The van der Waals surface area contributed by atoms with Crippen LogP contribution in [-0.4, -0.2) is 12.1 Å². The molecule has 112 valence electrons. The van der Waals surface area contributed by atoms with Crippen LogP contribution in [0.3, 0.4) is 0 Å². The molecule has 0 aliphatic heterocycles. The number of benzene rings is 1. The first-order valence-electron chi connectivity index (χ1n) is 7.85. The molecule has 1 N–H and O–H groups in total. The fourth-order valence-electron chi connectivity index (χ4n) is 3.93. The van der Waals surface area contributed by atoms with Gasteiger partial charge in [-0.25, -0.2) is 0 Å². The normalized spacial score (nSPS) is 27.2. The Hall–Kier alpha value is -0.530. The van der Waals surface area contributed by atoms with Crippen LogP contribution in [0.5, 0.6) is 0 Å². The first-order chi connectivity index (χ1) is 9.35. The van der Waals surface area contributed by atoms with Gasteiger partial charge in [-0.15, -0.1) is 0 Å². The largest absolute Gasteiger partial charge is 0.311 e. The molecule has 0 aromatic heterocycles.